The summed E-state index contributed by atoms with van der Waals surface area (Å²) >= 11 is 0. The van der Waals surface area contributed by atoms with Crippen molar-refractivity contribution >= 4 is 59.1 Å². The van der Waals surface area contributed by atoms with Crippen LogP contribution in [-0.4, -0.2) is 252 Å². The number of hydrogen-bond donors (Lipinski definition) is 4. The predicted molar refractivity (Wildman–Crippen MR) is 314 cm³/mol. The maximum Gasteiger partial charge on any atom is 0.242 e. The van der Waals surface area contributed by atoms with E-state index in [4.69, 9.17) is 5.73 Å². The molecule has 0 heterocycles. The van der Waals surface area contributed by atoms with Crippen LogP contribution in [0.15, 0.2) is 0 Å². The van der Waals surface area contributed by atoms with Gasteiger partial charge in [-0.25, -0.2) is 0 Å². The normalized spacial score (nSPS) is 15.0. The van der Waals surface area contributed by atoms with Gasteiger partial charge in [0.2, 0.25) is 59.1 Å². The van der Waals surface area contributed by atoms with Crippen molar-refractivity contribution in [3.8, 4) is 0 Å². The SMILES string of the molecule is CCC(C)NCC(=O)N(CC(=O)N(CC(=O)N(CC(=O)N(CC(=O)N(CC(=O)N(CC(=O)N(CC(=O)N(CC(=O)N(CC(N)=O)C(C)CC)C(C)CC)CC(C)O)CC(C)O)C(C)CC)C(C)CC)C(C)CC)C(C)CC)C(C)CC. The minimum Gasteiger partial charge on any atom is -0.392 e. The number of aliphatic hydroxyl groups is 2. The molecule has 10 atom stereocenters. The van der Waals surface area contributed by atoms with E-state index in [0.29, 0.717) is 44.9 Å². The molecule has 10 amide bonds. The molecule has 468 valence electrons. The highest BCUT2D eigenvalue weighted by molar-refractivity contribution is 5.94. The summed E-state index contributed by atoms with van der Waals surface area (Å²) in [4.78, 5) is 151. The van der Waals surface area contributed by atoms with Crippen LogP contribution >= 0.6 is 0 Å². The van der Waals surface area contributed by atoms with Crippen LogP contribution in [0.4, 0.5) is 0 Å². The van der Waals surface area contributed by atoms with Gasteiger partial charge < -0.3 is 65.4 Å². The number of carbonyl (C=O) groups excluding carboxylic acids is 10. The van der Waals surface area contributed by atoms with Gasteiger partial charge in [0.1, 0.15) is 39.3 Å². The molecule has 0 aliphatic carbocycles. The summed E-state index contributed by atoms with van der Waals surface area (Å²) in [6.07, 6.45) is 1.93. The van der Waals surface area contributed by atoms with Crippen LogP contribution in [-0.2, 0) is 47.9 Å². The number of nitrogens with one attached hydrogen (secondary N) is 1. The molecule has 0 fully saturated rings. The quantitative estimate of drug-likeness (QED) is 0.0688. The Labute approximate surface area is 485 Å². The summed E-state index contributed by atoms with van der Waals surface area (Å²) in [5.74, 6) is -5.58. The van der Waals surface area contributed by atoms with Gasteiger partial charge in [0.05, 0.1) is 38.4 Å². The Kier molecular flexibility index (Phi) is 35.8. The Morgan fingerprint density at radius 2 is 0.531 bits per heavy atom. The largest absolute Gasteiger partial charge is 0.392 e. The van der Waals surface area contributed by atoms with Crippen molar-refractivity contribution in [1.29, 1.82) is 0 Å². The molecule has 23 heteroatoms. The van der Waals surface area contributed by atoms with Gasteiger partial charge in [-0.05, 0) is 121 Å². The molecule has 0 aromatic heterocycles. The molecular weight excluding hydrogens is 1040 g/mol. The van der Waals surface area contributed by atoms with Crippen molar-refractivity contribution < 1.29 is 58.2 Å². The molecule has 0 bridgehead atoms. The fourth-order valence-electron chi connectivity index (χ4n) is 8.74. The number of rotatable bonds is 40. The minimum atomic E-state index is -1.14. The number of amides is 10. The highest BCUT2D eigenvalue weighted by Gasteiger charge is 2.36. The van der Waals surface area contributed by atoms with Gasteiger partial charge in [0.25, 0.3) is 0 Å². The summed E-state index contributed by atoms with van der Waals surface area (Å²) in [6, 6.07) is -2.89. The minimum absolute atomic E-state index is 0.0592. The van der Waals surface area contributed by atoms with E-state index in [9.17, 15) is 58.2 Å². The number of carbonyl (C=O) groups is 10. The van der Waals surface area contributed by atoms with Crippen molar-refractivity contribution in [2.45, 2.75) is 237 Å². The molecule has 0 radical (unpaired) electrons. The Balaban J connectivity index is 6.90. The molecule has 81 heavy (non-hydrogen) atoms. The first kappa shape index (κ1) is 75.6. The zero-order valence-electron chi connectivity index (χ0n) is 53.0. The van der Waals surface area contributed by atoms with E-state index < -0.39 is 129 Å². The van der Waals surface area contributed by atoms with Gasteiger partial charge >= 0.3 is 0 Å². The number of nitrogens with zero attached hydrogens (tertiary/aromatic N) is 9. The topological polar surface area (TPSA) is 278 Å². The highest BCUT2D eigenvalue weighted by atomic mass is 16.3. The van der Waals surface area contributed by atoms with Crippen LogP contribution in [0.3, 0.4) is 0 Å². The third kappa shape index (κ3) is 25.7. The molecule has 23 nitrogen and oxygen atoms in total. The lowest BCUT2D eigenvalue weighted by Gasteiger charge is -2.38. The summed E-state index contributed by atoms with van der Waals surface area (Å²) in [7, 11) is 0. The van der Waals surface area contributed by atoms with Crippen molar-refractivity contribution in [2.24, 2.45) is 5.73 Å². The van der Waals surface area contributed by atoms with E-state index in [2.05, 4.69) is 5.32 Å². The van der Waals surface area contributed by atoms with Crippen LogP contribution in [0.1, 0.15) is 176 Å². The Morgan fingerprint density at radius 1 is 0.321 bits per heavy atom. The van der Waals surface area contributed by atoms with Crippen LogP contribution in [0, 0.1) is 0 Å². The van der Waals surface area contributed by atoms with E-state index in [1.165, 1.54) is 43.2 Å². The van der Waals surface area contributed by atoms with E-state index in [1.807, 2.05) is 76.2 Å². The first-order valence-electron chi connectivity index (χ1n) is 29.8. The third-order valence-electron chi connectivity index (χ3n) is 15.8. The van der Waals surface area contributed by atoms with Crippen LogP contribution in [0.5, 0.6) is 0 Å². The van der Waals surface area contributed by atoms with Gasteiger partial charge in [0.15, 0.2) is 0 Å². The fourth-order valence-corrected chi connectivity index (χ4v) is 8.74. The smallest absolute Gasteiger partial charge is 0.242 e. The fraction of sp³-hybridized carbons (Fsp3) is 0.828. The van der Waals surface area contributed by atoms with E-state index in [0.717, 1.165) is 16.2 Å². The van der Waals surface area contributed by atoms with Crippen LogP contribution in [0.2, 0.25) is 0 Å². The van der Waals surface area contributed by atoms with Gasteiger partial charge in [-0.3, -0.25) is 47.9 Å². The van der Waals surface area contributed by atoms with E-state index in [1.54, 1.807) is 39.5 Å². The second-order valence-corrected chi connectivity index (χ2v) is 22.4. The summed E-state index contributed by atoms with van der Waals surface area (Å²) < 4.78 is 0. The average Bonchev–Trinajstić information content (AvgIpc) is 3.43. The maximum absolute atomic E-state index is 14.6. The molecule has 0 aliphatic heterocycles. The number of aliphatic hydroxyl groups excluding tert-OH is 2. The summed E-state index contributed by atoms with van der Waals surface area (Å²) in [6.45, 7) is 27.7. The van der Waals surface area contributed by atoms with Gasteiger partial charge in [-0.2, -0.15) is 0 Å². The number of primary amides is 1. The van der Waals surface area contributed by atoms with E-state index >= 15 is 0 Å². The molecule has 0 aromatic carbocycles. The molecule has 0 aromatic rings. The van der Waals surface area contributed by atoms with Crippen molar-refractivity contribution in [2.75, 3.05) is 78.5 Å². The molecule has 10 unspecified atom stereocenters. The first-order valence-corrected chi connectivity index (χ1v) is 29.8. The zero-order valence-corrected chi connectivity index (χ0v) is 53.0. The van der Waals surface area contributed by atoms with Crippen molar-refractivity contribution in [1.82, 2.24) is 49.4 Å². The van der Waals surface area contributed by atoms with Crippen LogP contribution < -0.4 is 11.1 Å². The number of hydrogen-bond acceptors (Lipinski definition) is 13. The molecule has 0 aliphatic rings. The summed E-state index contributed by atoms with van der Waals surface area (Å²) in [5.41, 5.74) is 5.46. The average molecular weight is 1150 g/mol. The van der Waals surface area contributed by atoms with Crippen molar-refractivity contribution in [3.05, 3.63) is 0 Å². The Hall–Kier alpha value is -5.42. The lowest BCUT2D eigenvalue weighted by molar-refractivity contribution is -0.152. The zero-order chi connectivity index (χ0) is 62.6. The Morgan fingerprint density at radius 3 is 0.765 bits per heavy atom. The van der Waals surface area contributed by atoms with Gasteiger partial charge in [0, 0.05) is 61.4 Å². The van der Waals surface area contributed by atoms with Crippen LogP contribution in [0.25, 0.3) is 0 Å². The monoisotopic (exact) mass is 1150 g/mol. The Bertz CT molecular complexity index is 2010. The second kappa shape index (κ2) is 38.4. The summed E-state index contributed by atoms with van der Waals surface area (Å²) in [5, 5.41) is 24.4. The third-order valence-corrected chi connectivity index (χ3v) is 15.8. The molecule has 5 N–H and O–H groups in total. The highest BCUT2D eigenvalue weighted by Crippen LogP contribution is 2.17. The van der Waals surface area contributed by atoms with Gasteiger partial charge in [-0.1, -0.05) is 55.4 Å². The molecule has 0 rings (SSSR count). The molecule has 0 saturated heterocycles. The van der Waals surface area contributed by atoms with Gasteiger partial charge in [-0.15, -0.1) is 0 Å². The number of nitrogens with two attached hydrogens (primary N) is 1. The van der Waals surface area contributed by atoms with Crippen molar-refractivity contribution in [3.63, 3.8) is 0 Å². The maximum atomic E-state index is 14.6. The standard InChI is InChI=1S/C58H109N11O12/c1-19-39(9)60-27-50(73)64(41(11)21-3)34-55(78)67(44(14)24-6)37-57(80)69(46(16)26-8)38-58(81)68(45(15)25-7)36-56(79)65(42(12)22-4)33-52(75)61(28-47(17)70)31-51(74)62(29-48(18)71)32-53(76)66(43(13)23-5)35-54(77)63(30-49(59)72)40(10)20-2/h39-48,60,70-71H,19-38H2,1-18H3,(H2,59,72). The second-order valence-electron chi connectivity index (χ2n) is 22.4. The lowest BCUT2D eigenvalue weighted by atomic mass is 10.1. The van der Waals surface area contributed by atoms with E-state index in [-0.39, 0.29) is 69.3 Å². The lowest BCUT2D eigenvalue weighted by Crippen LogP contribution is -2.57. The first-order chi connectivity index (χ1) is 37.8. The molecule has 0 saturated carbocycles. The predicted octanol–water partition coefficient (Wildman–Crippen LogP) is 2.67. The molecular formula is C58H109N11O12. The molecule has 0 spiro atoms.